The zero-order valence-corrected chi connectivity index (χ0v) is 16.7. The van der Waals surface area contributed by atoms with Crippen LogP contribution in [0.1, 0.15) is 31.1 Å². The van der Waals surface area contributed by atoms with E-state index < -0.39 is 12.1 Å². The van der Waals surface area contributed by atoms with Crippen LogP contribution in [0.2, 0.25) is 0 Å². The van der Waals surface area contributed by atoms with E-state index in [9.17, 15) is 9.59 Å². The molecule has 0 fully saturated rings. The van der Waals surface area contributed by atoms with Gasteiger partial charge in [-0.15, -0.1) is 0 Å². The number of benzene rings is 2. The molecule has 0 spiro atoms. The first kappa shape index (κ1) is 20.5. The fraction of sp³-hybridized carbons (Fsp3) is 0.304. The molecular weight excluding hydrogens is 370 g/mol. The molecule has 1 amide bonds. The average molecular weight is 395 g/mol. The van der Waals surface area contributed by atoms with Crippen LogP contribution in [-0.2, 0) is 14.3 Å². The van der Waals surface area contributed by atoms with Gasteiger partial charge in [0, 0.05) is 24.7 Å². The fourth-order valence-electron chi connectivity index (χ4n) is 3.07. The largest absolute Gasteiger partial charge is 0.486 e. The van der Waals surface area contributed by atoms with Crippen molar-refractivity contribution in [2.75, 3.05) is 26.3 Å². The standard InChI is InChI=1S/C23H25NO5/c1-3-24(4-2)23(26)22(18-8-6-5-7-9-18)29-21(25)13-11-17-10-12-19-20(16-17)28-15-14-27-19/h5-13,16,22H,3-4,14-15H2,1-2H3/b13-11+/t22-/m1/s1. The number of amides is 1. The smallest absolute Gasteiger partial charge is 0.331 e. The van der Waals surface area contributed by atoms with E-state index in [0.717, 1.165) is 5.56 Å². The third-order valence-corrected chi connectivity index (χ3v) is 4.61. The molecule has 0 unspecified atom stereocenters. The van der Waals surface area contributed by atoms with Gasteiger partial charge in [-0.25, -0.2) is 4.79 Å². The van der Waals surface area contributed by atoms with E-state index >= 15 is 0 Å². The van der Waals surface area contributed by atoms with Crippen molar-refractivity contribution in [2.45, 2.75) is 20.0 Å². The maximum atomic E-state index is 12.9. The van der Waals surface area contributed by atoms with E-state index in [-0.39, 0.29) is 5.91 Å². The van der Waals surface area contributed by atoms with Crippen molar-refractivity contribution in [3.05, 3.63) is 65.7 Å². The molecule has 29 heavy (non-hydrogen) atoms. The summed E-state index contributed by atoms with van der Waals surface area (Å²) in [6.45, 7) is 5.90. The summed E-state index contributed by atoms with van der Waals surface area (Å²) in [4.78, 5) is 27.0. The Morgan fingerprint density at radius 3 is 2.41 bits per heavy atom. The third-order valence-electron chi connectivity index (χ3n) is 4.61. The highest BCUT2D eigenvalue weighted by molar-refractivity contribution is 5.91. The van der Waals surface area contributed by atoms with Crippen LogP contribution in [0.5, 0.6) is 11.5 Å². The molecule has 1 heterocycles. The summed E-state index contributed by atoms with van der Waals surface area (Å²) in [7, 11) is 0. The molecule has 6 heteroatoms. The van der Waals surface area contributed by atoms with Gasteiger partial charge in [-0.3, -0.25) is 4.79 Å². The first-order valence-electron chi connectivity index (χ1n) is 9.74. The minimum atomic E-state index is -0.978. The lowest BCUT2D eigenvalue weighted by atomic mass is 10.1. The molecule has 152 valence electrons. The van der Waals surface area contributed by atoms with Gasteiger partial charge < -0.3 is 19.1 Å². The summed E-state index contributed by atoms with van der Waals surface area (Å²) in [6, 6.07) is 14.5. The van der Waals surface area contributed by atoms with Crippen molar-refractivity contribution in [3.8, 4) is 11.5 Å². The number of carbonyl (C=O) groups is 2. The van der Waals surface area contributed by atoms with Crippen LogP contribution in [0, 0.1) is 0 Å². The van der Waals surface area contributed by atoms with Gasteiger partial charge >= 0.3 is 5.97 Å². The Kier molecular flexibility index (Phi) is 6.89. The van der Waals surface area contributed by atoms with E-state index in [1.807, 2.05) is 38.1 Å². The number of carbonyl (C=O) groups excluding carboxylic acids is 2. The Hall–Kier alpha value is -3.28. The van der Waals surface area contributed by atoms with E-state index in [1.54, 1.807) is 35.2 Å². The molecule has 0 radical (unpaired) electrons. The van der Waals surface area contributed by atoms with Crippen LogP contribution in [0.25, 0.3) is 6.08 Å². The summed E-state index contributed by atoms with van der Waals surface area (Å²) >= 11 is 0. The van der Waals surface area contributed by atoms with Crippen LogP contribution in [0.15, 0.2) is 54.6 Å². The van der Waals surface area contributed by atoms with Gasteiger partial charge in [0.15, 0.2) is 11.5 Å². The van der Waals surface area contributed by atoms with Crippen LogP contribution in [0.3, 0.4) is 0 Å². The molecule has 0 saturated heterocycles. The Labute approximate surface area is 170 Å². The normalized spacial score (nSPS) is 13.7. The maximum absolute atomic E-state index is 12.9. The van der Waals surface area contributed by atoms with Gasteiger partial charge in [-0.1, -0.05) is 36.4 Å². The second-order valence-electron chi connectivity index (χ2n) is 6.47. The predicted octanol–water partition coefficient (Wildman–Crippen LogP) is 3.62. The highest BCUT2D eigenvalue weighted by atomic mass is 16.6. The van der Waals surface area contributed by atoms with Gasteiger partial charge in [-0.2, -0.15) is 0 Å². The van der Waals surface area contributed by atoms with E-state index in [1.165, 1.54) is 6.08 Å². The van der Waals surface area contributed by atoms with Gasteiger partial charge in [0.1, 0.15) is 13.2 Å². The van der Waals surface area contributed by atoms with E-state index in [0.29, 0.717) is 43.4 Å². The molecule has 1 aliphatic rings. The molecule has 1 atom stereocenters. The van der Waals surface area contributed by atoms with E-state index in [4.69, 9.17) is 14.2 Å². The minimum absolute atomic E-state index is 0.234. The fourth-order valence-corrected chi connectivity index (χ4v) is 3.07. The number of nitrogens with zero attached hydrogens (tertiary/aromatic N) is 1. The Bertz CT molecular complexity index is 874. The predicted molar refractivity (Wildman–Crippen MR) is 110 cm³/mol. The van der Waals surface area contributed by atoms with Crippen molar-refractivity contribution in [1.82, 2.24) is 4.90 Å². The molecule has 0 bridgehead atoms. The highest BCUT2D eigenvalue weighted by Gasteiger charge is 2.27. The molecule has 2 aromatic rings. The van der Waals surface area contributed by atoms with Crippen molar-refractivity contribution >= 4 is 18.0 Å². The highest BCUT2D eigenvalue weighted by Crippen LogP contribution is 2.31. The zero-order valence-electron chi connectivity index (χ0n) is 16.7. The number of esters is 1. The van der Waals surface area contributed by atoms with Crippen molar-refractivity contribution in [3.63, 3.8) is 0 Å². The van der Waals surface area contributed by atoms with Gasteiger partial charge in [0.25, 0.3) is 5.91 Å². The summed E-state index contributed by atoms with van der Waals surface area (Å²) < 4.78 is 16.6. The Morgan fingerprint density at radius 1 is 1.03 bits per heavy atom. The molecule has 2 aromatic carbocycles. The van der Waals surface area contributed by atoms with Crippen LogP contribution in [0.4, 0.5) is 0 Å². The second kappa shape index (κ2) is 9.78. The SMILES string of the molecule is CCN(CC)C(=O)[C@H](OC(=O)/C=C/c1ccc2c(c1)OCCO2)c1ccccc1. The number of hydrogen-bond donors (Lipinski definition) is 0. The molecule has 3 rings (SSSR count). The number of likely N-dealkylation sites (N-methyl/N-ethyl adjacent to an activating group) is 1. The zero-order chi connectivity index (χ0) is 20.6. The lowest BCUT2D eigenvalue weighted by molar-refractivity contribution is -0.157. The van der Waals surface area contributed by atoms with E-state index in [2.05, 4.69) is 0 Å². The summed E-state index contributed by atoms with van der Waals surface area (Å²) in [6.07, 6.45) is 1.97. The third kappa shape index (κ3) is 5.16. The first-order valence-corrected chi connectivity index (χ1v) is 9.74. The number of ether oxygens (including phenoxy) is 3. The van der Waals surface area contributed by atoms with Crippen molar-refractivity contribution in [1.29, 1.82) is 0 Å². The molecule has 0 aliphatic carbocycles. The van der Waals surface area contributed by atoms with Crippen molar-refractivity contribution in [2.24, 2.45) is 0 Å². The minimum Gasteiger partial charge on any atom is -0.486 e. The molecule has 0 aromatic heterocycles. The molecular formula is C23H25NO5. The Balaban J connectivity index is 1.74. The topological polar surface area (TPSA) is 65.1 Å². The van der Waals surface area contributed by atoms with Gasteiger partial charge in [0.05, 0.1) is 0 Å². The van der Waals surface area contributed by atoms with Crippen molar-refractivity contribution < 1.29 is 23.8 Å². The quantitative estimate of drug-likeness (QED) is 0.529. The second-order valence-corrected chi connectivity index (χ2v) is 6.47. The first-order chi connectivity index (χ1) is 14.1. The lowest BCUT2D eigenvalue weighted by Crippen LogP contribution is -2.36. The van der Waals surface area contributed by atoms with Crippen LogP contribution in [-0.4, -0.2) is 43.1 Å². The van der Waals surface area contributed by atoms with Crippen LogP contribution >= 0.6 is 0 Å². The lowest BCUT2D eigenvalue weighted by Gasteiger charge is -2.25. The summed E-state index contributed by atoms with van der Waals surface area (Å²) in [5.74, 6) is 0.507. The number of rotatable bonds is 7. The van der Waals surface area contributed by atoms with Gasteiger partial charge in [0.2, 0.25) is 6.10 Å². The molecule has 6 nitrogen and oxygen atoms in total. The van der Waals surface area contributed by atoms with Crippen LogP contribution < -0.4 is 9.47 Å². The molecule has 0 saturated carbocycles. The molecule has 0 N–H and O–H groups in total. The number of hydrogen-bond acceptors (Lipinski definition) is 5. The monoisotopic (exact) mass is 395 g/mol. The molecule has 1 aliphatic heterocycles. The summed E-state index contributed by atoms with van der Waals surface area (Å²) in [5.41, 5.74) is 1.42. The Morgan fingerprint density at radius 2 is 1.72 bits per heavy atom. The van der Waals surface area contributed by atoms with Gasteiger partial charge in [-0.05, 0) is 37.6 Å². The number of fused-ring (bicyclic) bond motifs is 1. The maximum Gasteiger partial charge on any atom is 0.331 e. The average Bonchev–Trinajstić information content (AvgIpc) is 2.77. The summed E-state index contributed by atoms with van der Waals surface area (Å²) in [5, 5.41) is 0.